The molecule has 16 heavy (non-hydrogen) atoms. The second-order valence-electron chi connectivity index (χ2n) is 2.83. The minimum atomic E-state index is -5.01. The number of hydrogen-bond donors (Lipinski definition) is 1. The van der Waals surface area contributed by atoms with Crippen molar-refractivity contribution in [3.8, 4) is 0 Å². The van der Waals surface area contributed by atoms with Crippen LogP contribution < -0.4 is 0 Å². The van der Waals surface area contributed by atoms with E-state index in [-0.39, 0.29) is 0 Å². The summed E-state index contributed by atoms with van der Waals surface area (Å²) in [7, 11) is -4.47. The van der Waals surface area contributed by atoms with Crippen molar-refractivity contribution in [3.63, 3.8) is 0 Å². The Morgan fingerprint density at radius 3 is 1.88 bits per heavy atom. The van der Waals surface area contributed by atoms with Gasteiger partial charge in [0.1, 0.15) is 0 Å². The molecule has 0 saturated carbocycles. The minimum absolute atomic E-state index is 0.578. The molecule has 1 aromatic rings. The monoisotopic (exact) mass is 254 g/mol. The lowest BCUT2D eigenvalue weighted by Gasteiger charge is -2.05. The van der Waals surface area contributed by atoms with Gasteiger partial charge in [-0.1, -0.05) is 0 Å². The van der Waals surface area contributed by atoms with Gasteiger partial charge in [0.2, 0.25) is 0 Å². The SMILES string of the molecule is O=C(c1ccc(S(=O)(=O)O)cc1)C(F)(F)F. The van der Waals surface area contributed by atoms with Crippen LogP contribution in [0.3, 0.4) is 0 Å². The van der Waals surface area contributed by atoms with Crippen molar-refractivity contribution in [3.05, 3.63) is 29.8 Å². The summed E-state index contributed by atoms with van der Waals surface area (Å²) in [4.78, 5) is 10.1. The fourth-order valence-corrected chi connectivity index (χ4v) is 1.42. The van der Waals surface area contributed by atoms with Crippen LogP contribution in [0.1, 0.15) is 10.4 Å². The maximum atomic E-state index is 12.0. The van der Waals surface area contributed by atoms with Crippen molar-refractivity contribution in [2.24, 2.45) is 0 Å². The molecule has 1 N–H and O–H groups in total. The summed E-state index contributed by atoms with van der Waals surface area (Å²) in [5.74, 6) is -2.07. The number of ketones is 1. The highest BCUT2D eigenvalue weighted by atomic mass is 32.2. The van der Waals surface area contributed by atoms with Gasteiger partial charge in [0.05, 0.1) is 4.90 Å². The number of hydrogen-bond acceptors (Lipinski definition) is 3. The molecule has 0 atom stereocenters. The summed E-state index contributed by atoms with van der Waals surface area (Å²) in [5.41, 5.74) is -0.695. The maximum absolute atomic E-state index is 12.0. The van der Waals surface area contributed by atoms with Crippen LogP contribution in [0.2, 0.25) is 0 Å². The van der Waals surface area contributed by atoms with Gasteiger partial charge in [-0.15, -0.1) is 0 Å². The van der Waals surface area contributed by atoms with Crippen LogP contribution in [-0.4, -0.2) is 24.9 Å². The fraction of sp³-hybridized carbons (Fsp3) is 0.125. The molecular weight excluding hydrogens is 249 g/mol. The van der Waals surface area contributed by atoms with Gasteiger partial charge in [-0.05, 0) is 24.3 Å². The largest absolute Gasteiger partial charge is 0.454 e. The molecule has 0 bridgehead atoms. The van der Waals surface area contributed by atoms with E-state index in [4.69, 9.17) is 4.55 Å². The highest BCUT2D eigenvalue weighted by molar-refractivity contribution is 7.85. The molecule has 1 rings (SSSR count). The first-order valence-electron chi connectivity index (χ1n) is 3.81. The summed E-state index contributed by atoms with van der Waals surface area (Å²) >= 11 is 0. The molecule has 0 aliphatic carbocycles. The molecule has 0 unspecified atom stereocenters. The van der Waals surface area contributed by atoms with Gasteiger partial charge in [0, 0.05) is 5.56 Å². The van der Waals surface area contributed by atoms with Crippen LogP contribution in [-0.2, 0) is 10.1 Å². The lowest BCUT2D eigenvalue weighted by molar-refractivity contribution is -0.0885. The van der Waals surface area contributed by atoms with Gasteiger partial charge in [-0.25, -0.2) is 0 Å². The van der Waals surface area contributed by atoms with E-state index >= 15 is 0 Å². The predicted molar refractivity (Wildman–Crippen MR) is 46.6 cm³/mol. The summed E-state index contributed by atoms with van der Waals surface area (Å²) in [5, 5.41) is 0. The van der Waals surface area contributed by atoms with E-state index in [1.54, 1.807) is 0 Å². The molecule has 0 spiro atoms. The zero-order valence-corrected chi connectivity index (χ0v) is 8.34. The van der Waals surface area contributed by atoms with Gasteiger partial charge >= 0.3 is 6.18 Å². The van der Waals surface area contributed by atoms with Crippen molar-refractivity contribution in [1.82, 2.24) is 0 Å². The number of carbonyl (C=O) groups excluding carboxylic acids is 1. The number of carbonyl (C=O) groups is 1. The minimum Gasteiger partial charge on any atom is -0.284 e. The predicted octanol–water partition coefficient (Wildman–Crippen LogP) is 1.68. The van der Waals surface area contributed by atoms with Crippen molar-refractivity contribution < 1.29 is 30.9 Å². The Morgan fingerprint density at radius 1 is 1.12 bits per heavy atom. The quantitative estimate of drug-likeness (QED) is 0.643. The zero-order valence-electron chi connectivity index (χ0n) is 7.52. The highest BCUT2D eigenvalue weighted by Gasteiger charge is 2.39. The third-order valence-corrected chi connectivity index (χ3v) is 2.54. The third-order valence-electron chi connectivity index (χ3n) is 1.67. The van der Waals surface area contributed by atoms with Crippen molar-refractivity contribution >= 4 is 15.9 Å². The summed E-state index contributed by atoms with van der Waals surface area (Å²) in [6, 6.07) is 2.79. The van der Waals surface area contributed by atoms with Gasteiger partial charge in [0.25, 0.3) is 15.9 Å². The first-order valence-corrected chi connectivity index (χ1v) is 5.25. The summed E-state index contributed by atoms with van der Waals surface area (Å²) in [6.45, 7) is 0. The smallest absolute Gasteiger partial charge is 0.284 e. The van der Waals surface area contributed by atoms with Crippen LogP contribution in [0.4, 0.5) is 13.2 Å². The molecule has 0 aliphatic heterocycles. The van der Waals surface area contributed by atoms with Gasteiger partial charge in [-0.2, -0.15) is 21.6 Å². The second-order valence-corrected chi connectivity index (χ2v) is 4.25. The number of rotatable bonds is 2. The molecule has 8 heteroatoms. The van der Waals surface area contributed by atoms with E-state index in [9.17, 15) is 26.4 Å². The van der Waals surface area contributed by atoms with Gasteiger partial charge in [0.15, 0.2) is 0 Å². The molecule has 0 saturated heterocycles. The average molecular weight is 254 g/mol. The number of benzene rings is 1. The van der Waals surface area contributed by atoms with E-state index in [0.29, 0.717) is 24.3 Å². The molecule has 0 fully saturated rings. The van der Waals surface area contributed by atoms with E-state index < -0.39 is 32.5 Å². The molecule has 1 aromatic carbocycles. The normalized spacial score (nSPS) is 12.5. The molecule has 4 nitrogen and oxygen atoms in total. The number of halogens is 3. The molecule has 0 aliphatic rings. The second kappa shape index (κ2) is 3.87. The lowest BCUT2D eigenvalue weighted by Crippen LogP contribution is -2.22. The van der Waals surface area contributed by atoms with Crippen LogP contribution in [0.25, 0.3) is 0 Å². The standard InChI is InChI=1S/C8H5F3O4S/c9-8(10,11)7(12)5-1-3-6(4-2-5)16(13,14)15/h1-4H,(H,13,14,15). The summed E-state index contributed by atoms with van der Waals surface area (Å²) < 4.78 is 65.5. The molecule has 0 radical (unpaired) electrons. The Morgan fingerprint density at radius 2 is 1.56 bits per heavy atom. The third kappa shape index (κ3) is 2.80. The van der Waals surface area contributed by atoms with E-state index in [1.165, 1.54) is 0 Å². The van der Waals surface area contributed by atoms with Gasteiger partial charge < -0.3 is 0 Å². The average Bonchev–Trinajstić information content (AvgIpc) is 2.14. The van der Waals surface area contributed by atoms with Crippen molar-refractivity contribution in [1.29, 1.82) is 0 Å². The molecule has 0 aromatic heterocycles. The number of alkyl halides is 3. The zero-order chi connectivity index (χ0) is 12.6. The lowest BCUT2D eigenvalue weighted by atomic mass is 10.1. The van der Waals surface area contributed by atoms with Crippen LogP contribution in [0.5, 0.6) is 0 Å². The molecule has 88 valence electrons. The van der Waals surface area contributed by atoms with Crippen molar-refractivity contribution in [2.45, 2.75) is 11.1 Å². The Bertz CT molecular complexity index is 501. The van der Waals surface area contributed by atoms with Crippen LogP contribution in [0, 0.1) is 0 Å². The Balaban J connectivity index is 3.10. The van der Waals surface area contributed by atoms with E-state index in [2.05, 4.69) is 0 Å². The Hall–Kier alpha value is -1.41. The molecule has 0 heterocycles. The van der Waals surface area contributed by atoms with E-state index in [0.717, 1.165) is 0 Å². The molecule has 0 amide bonds. The van der Waals surface area contributed by atoms with E-state index in [1.807, 2.05) is 0 Å². The van der Waals surface area contributed by atoms with Crippen LogP contribution in [0.15, 0.2) is 29.2 Å². The topological polar surface area (TPSA) is 71.4 Å². The Labute approximate surface area is 88.4 Å². The number of Topliss-reactive ketones (excluding diaryl/α,β-unsaturated/α-hetero) is 1. The first kappa shape index (κ1) is 12.7. The Kier molecular flexibility index (Phi) is 3.06. The molecular formula is C8H5F3O4S. The summed E-state index contributed by atoms with van der Waals surface area (Å²) in [6.07, 6.45) is -5.01. The fourth-order valence-electron chi connectivity index (χ4n) is 0.942. The highest BCUT2D eigenvalue weighted by Crippen LogP contribution is 2.22. The first-order chi connectivity index (χ1) is 7.12. The van der Waals surface area contributed by atoms with Crippen LogP contribution >= 0.6 is 0 Å². The maximum Gasteiger partial charge on any atom is 0.454 e. The van der Waals surface area contributed by atoms with Gasteiger partial charge in [-0.3, -0.25) is 9.35 Å². The van der Waals surface area contributed by atoms with Crippen molar-refractivity contribution in [2.75, 3.05) is 0 Å².